The zero-order valence-corrected chi connectivity index (χ0v) is 14.6. The Morgan fingerprint density at radius 1 is 1.00 bits per heavy atom. The van der Waals surface area contributed by atoms with E-state index in [0.717, 1.165) is 16.8 Å². The van der Waals surface area contributed by atoms with Gasteiger partial charge in [0.25, 0.3) is 5.91 Å². The van der Waals surface area contributed by atoms with Crippen molar-refractivity contribution in [3.63, 3.8) is 0 Å². The summed E-state index contributed by atoms with van der Waals surface area (Å²) in [6.45, 7) is 1.31. The molecule has 0 aliphatic carbocycles. The van der Waals surface area contributed by atoms with Crippen molar-refractivity contribution < 1.29 is 9.59 Å². The van der Waals surface area contributed by atoms with E-state index in [-0.39, 0.29) is 11.9 Å². The molecular weight excluding hydrogens is 342 g/mol. The topological polar surface area (TPSA) is 90.1 Å². The maximum Gasteiger partial charge on any atom is 0.318 e. The fourth-order valence-electron chi connectivity index (χ4n) is 3.04. The minimum atomic E-state index is -0.225. The molecule has 2 aromatic carbocycles. The monoisotopic (exact) mass is 361 g/mol. The number of H-pyrrole nitrogens is 1. The predicted octanol–water partition coefficient (Wildman–Crippen LogP) is 2.89. The zero-order chi connectivity index (χ0) is 18.6. The van der Waals surface area contributed by atoms with Crippen LogP contribution in [0.4, 0.5) is 10.6 Å². The van der Waals surface area contributed by atoms with Crippen molar-refractivity contribution in [2.24, 2.45) is 0 Å². The molecule has 2 heterocycles. The summed E-state index contributed by atoms with van der Waals surface area (Å²) >= 11 is 0. The van der Waals surface area contributed by atoms with E-state index in [4.69, 9.17) is 0 Å². The normalized spacial score (nSPS) is 12.5. The molecule has 0 bridgehead atoms. The average molecular weight is 361 g/mol. The molecule has 0 radical (unpaired) electrons. The number of urea groups is 1. The van der Waals surface area contributed by atoms with Gasteiger partial charge in [0.05, 0.1) is 18.8 Å². The standard InChI is InChI=1S/C20H19N5O2/c26-19(15-9-5-2-6-10-15)22-18-16-12-25(13-17(16)23-24-18)20(27)21-11-14-7-3-1-4-8-14/h1-10H,11-13H2,(H,21,27)(H2,22,23,24,26). The fourth-order valence-corrected chi connectivity index (χ4v) is 3.04. The summed E-state index contributed by atoms with van der Waals surface area (Å²) in [4.78, 5) is 26.4. The highest BCUT2D eigenvalue weighted by Crippen LogP contribution is 2.27. The molecule has 136 valence electrons. The second-order valence-electron chi connectivity index (χ2n) is 6.35. The Labute approximate surface area is 156 Å². The zero-order valence-electron chi connectivity index (χ0n) is 14.6. The minimum Gasteiger partial charge on any atom is -0.334 e. The van der Waals surface area contributed by atoms with Gasteiger partial charge in [0.1, 0.15) is 0 Å². The molecule has 0 unspecified atom stereocenters. The van der Waals surface area contributed by atoms with E-state index in [1.54, 1.807) is 17.0 Å². The molecule has 1 aromatic heterocycles. The molecule has 0 fully saturated rings. The number of carbonyl (C=O) groups excluding carboxylic acids is 2. The van der Waals surface area contributed by atoms with Crippen LogP contribution in [-0.2, 0) is 19.6 Å². The van der Waals surface area contributed by atoms with Crippen LogP contribution in [-0.4, -0.2) is 27.0 Å². The van der Waals surface area contributed by atoms with Crippen molar-refractivity contribution in [1.29, 1.82) is 0 Å². The molecule has 0 spiro atoms. The van der Waals surface area contributed by atoms with Crippen LogP contribution >= 0.6 is 0 Å². The van der Waals surface area contributed by atoms with Crippen LogP contribution in [0.25, 0.3) is 0 Å². The van der Waals surface area contributed by atoms with Gasteiger partial charge < -0.3 is 15.5 Å². The van der Waals surface area contributed by atoms with E-state index < -0.39 is 0 Å². The summed E-state index contributed by atoms with van der Waals surface area (Å²) in [5.41, 5.74) is 3.29. The third-order valence-electron chi connectivity index (χ3n) is 4.49. The van der Waals surface area contributed by atoms with Gasteiger partial charge in [0, 0.05) is 17.7 Å². The largest absolute Gasteiger partial charge is 0.334 e. The molecule has 0 saturated heterocycles. The van der Waals surface area contributed by atoms with Crippen LogP contribution in [0.2, 0.25) is 0 Å². The maximum absolute atomic E-state index is 12.4. The van der Waals surface area contributed by atoms with Crippen molar-refractivity contribution in [2.75, 3.05) is 5.32 Å². The Bertz CT molecular complexity index is 953. The molecule has 0 saturated carbocycles. The highest BCUT2D eigenvalue weighted by atomic mass is 16.2. The fraction of sp³-hybridized carbons (Fsp3) is 0.150. The van der Waals surface area contributed by atoms with Crippen molar-refractivity contribution in [3.8, 4) is 0 Å². The molecule has 3 N–H and O–H groups in total. The number of nitrogens with one attached hydrogen (secondary N) is 3. The molecule has 27 heavy (non-hydrogen) atoms. The van der Waals surface area contributed by atoms with Gasteiger partial charge in [-0.1, -0.05) is 48.5 Å². The van der Waals surface area contributed by atoms with Gasteiger partial charge in [0.2, 0.25) is 0 Å². The summed E-state index contributed by atoms with van der Waals surface area (Å²) in [6.07, 6.45) is 0. The maximum atomic E-state index is 12.4. The number of anilines is 1. The van der Waals surface area contributed by atoms with Crippen LogP contribution in [0.5, 0.6) is 0 Å². The van der Waals surface area contributed by atoms with Crippen molar-refractivity contribution in [2.45, 2.75) is 19.6 Å². The van der Waals surface area contributed by atoms with Crippen molar-refractivity contribution >= 4 is 17.8 Å². The second-order valence-corrected chi connectivity index (χ2v) is 6.35. The molecule has 1 aliphatic rings. The van der Waals surface area contributed by atoms with Gasteiger partial charge in [-0.25, -0.2) is 4.79 Å². The van der Waals surface area contributed by atoms with Gasteiger partial charge in [-0.05, 0) is 17.7 Å². The molecule has 3 aromatic rings. The van der Waals surface area contributed by atoms with E-state index in [0.29, 0.717) is 31.0 Å². The van der Waals surface area contributed by atoms with Gasteiger partial charge in [-0.3, -0.25) is 9.89 Å². The minimum absolute atomic E-state index is 0.149. The van der Waals surface area contributed by atoms with Crippen LogP contribution in [0.3, 0.4) is 0 Å². The van der Waals surface area contributed by atoms with E-state index in [9.17, 15) is 9.59 Å². The van der Waals surface area contributed by atoms with Crippen LogP contribution in [0.15, 0.2) is 60.7 Å². The lowest BCUT2D eigenvalue weighted by atomic mass is 10.2. The summed E-state index contributed by atoms with van der Waals surface area (Å²) in [5, 5.41) is 12.8. The number of aromatic nitrogens is 2. The number of hydrogen-bond donors (Lipinski definition) is 3. The van der Waals surface area contributed by atoms with Gasteiger partial charge >= 0.3 is 6.03 Å². The first-order valence-corrected chi connectivity index (χ1v) is 8.70. The van der Waals surface area contributed by atoms with E-state index in [1.807, 2.05) is 48.5 Å². The Morgan fingerprint density at radius 3 is 2.44 bits per heavy atom. The Balaban J connectivity index is 1.38. The number of rotatable bonds is 4. The summed E-state index contributed by atoms with van der Waals surface area (Å²) < 4.78 is 0. The second kappa shape index (κ2) is 7.33. The number of nitrogens with zero attached hydrogens (tertiary/aromatic N) is 2. The third kappa shape index (κ3) is 3.67. The van der Waals surface area contributed by atoms with E-state index >= 15 is 0 Å². The van der Waals surface area contributed by atoms with Crippen molar-refractivity contribution in [3.05, 3.63) is 83.0 Å². The SMILES string of the molecule is O=C(Nc1n[nH]c2c1CN(C(=O)NCc1ccccc1)C2)c1ccccc1. The summed E-state index contributed by atoms with van der Waals surface area (Å²) in [6, 6.07) is 18.6. The molecule has 0 atom stereocenters. The highest BCUT2D eigenvalue weighted by Gasteiger charge is 2.28. The molecule has 4 rings (SSSR count). The molecule has 7 nitrogen and oxygen atoms in total. The predicted molar refractivity (Wildman–Crippen MR) is 101 cm³/mol. The molecular formula is C20H19N5O2. The summed E-state index contributed by atoms with van der Waals surface area (Å²) in [5.74, 6) is 0.245. The van der Waals surface area contributed by atoms with Crippen LogP contribution < -0.4 is 10.6 Å². The summed E-state index contributed by atoms with van der Waals surface area (Å²) in [7, 11) is 0. The lowest BCUT2D eigenvalue weighted by Crippen LogP contribution is -2.36. The lowest BCUT2D eigenvalue weighted by molar-refractivity contribution is 0.102. The average Bonchev–Trinajstić information content (AvgIpc) is 3.29. The van der Waals surface area contributed by atoms with Crippen LogP contribution in [0, 0.1) is 0 Å². The molecule has 1 aliphatic heterocycles. The van der Waals surface area contributed by atoms with E-state index in [2.05, 4.69) is 20.8 Å². The van der Waals surface area contributed by atoms with E-state index in [1.165, 1.54) is 0 Å². The number of amides is 3. The van der Waals surface area contributed by atoms with Gasteiger partial charge in [-0.15, -0.1) is 0 Å². The highest BCUT2D eigenvalue weighted by molar-refractivity contribution is 6.04. The first-order valence-electron chi connectivity index (χ1n) is 8.70. The Kier molecular flexibility index (Phi) is 4.57. The van der Waals surface area contributed by atoms with Gasteiger partial charge in [-0.2, -0.15) is 5.10 Å². The van der Waals surface area contributed by atoms with Crippen molar-refractivity contribution in [1.82, 2.24) is 20.4 Å². The Morgan fingerprint density at radius 2 is 1.70 bits per heavy atom. The van der Waals surface area contributed by atoms with Crippen LogP contribution in [0.1, 0.15) is 27.2 Å². The smallest absolute Gasteiger partial charge is 0.318 e. The molecule has 7 heteroatoms. The number of benzene rings is 2. The number of fused-ring (bicyclic) bond motifs is 1. The van der Waals surface area contributed by atoms with Gasteiger partial charge in [0.15, 0.2) is 5.82 Å². The first-order chi connectivity index (χ1) is 13.2. The first kappa shape index (κ1) is 16.8. The Hall–Kier alpha value is -3.61. The third-order valence-corrected chi connectivity index (χ3v) is 4.49. The number of carbonyl (C=O) groups is 2. The quantitative estimate of drug-likeness (QED) is 0.667. The molecule has 3 amide bonds. The lowest BCUT2D eigenvalue weighted by Gasteiger charge is -2.17. The number of hydrogen-bond acceptors (Lipinski definition) is 3. The number of aromatic amines is 1.